The third kappa shape index (κ3) is 4.73. The second-order valence-corrected chi connectivity index (χ2v) is 7.23. The summed E-state index contributed by atoms with van der Waals surface area (Å²) in [6, 6.07) is 18.3. The van der Waals surface area contributed by atoms with Crippen molar-refractivity contribution >= 4 is 5.97 Å². The number of unbranched alkanes of at least 4 members (excludes halogenated alkanes) is 1. The Morgan fingerprint density at radius 3 is 2.42 bits per heavy atom. The van der Waals surface area contributed by atoms with Gasteiger partial charge in [0.1, 0.15) is 6.10 Å². The van der Waals surface area contributed by atoms with Gasteiger partial charge in [-0.2, -0.15) is 0 Å². The standard InChI is InChI=1S/C23H28O3/c1-2-3-9-20(17-10-5-4-6-11-17)16-23(25)26-22-15-19-13-8-7-12-18(19)14-21(22)24/h4-8,10-13,20-22,24H,2-3,9,14-16H2,1H3/t20-,21+,22+/m0/s1. The van der Waals surface area contributed by atoms with Crippen LogP contribution in [0, 0.1) is 0 Å². The lowest BCUT2D eigenvalue weighted by atomic mass is 9.87. The number of hydrogen-bond acceptors (Lipinski definition) is 3. The molecule has 26 heavy (non-hydrogen) atoms. The van der Waals surface area contributed by atoms with Crippen LogP contribution in [0.1, 0.15) is 55.2 Å². The van der Waals surface area contributed by atoms with Gasteiger partial charge >= 0.3 is 5.97 Å². The Kier molecular flexibility index (Phi) is 6.45. The SMILES string of the molecule is CCCC[C@@H](CC(=O)O[C@@H]1Cc2ccccc2C[C@H]1O)c1ccccc1. The third-order valence-electron chi connectivity index (χ3n) is 5.27. The molecule has 0 aliphatic heterocycles. The molecule has 0 unspecified atom stereocenters. The molecule has 3 rings (SSSR count). The number of benzene rings is 2. The number of ether oxygens (including phenoxy) is 1. The summed E-state index contributed by atoms with van der Waals surface area (Å²) in [5.41, 5.74) is 3.51. The summed E-state index contributed by atoms with van der Waals surface area (Å²) >= 11 is 0. The van der Waals surface area contributed by atoms with E-state index in [0.717, 1.165) is 24.8 Å². The topological polar surface area (TPSA) is 46.5 Å². The van der Waals surface area contributed by atoms with Crippen molar-refractivity contribution in [3.05, 3.63) is 71.3 Å². The van der Waals surface area contributed by atoms with E-state index in [4.69, 9.17) is 4.74 Å². The molecule has 0 saturated carbocycles. The van der Waals surface area contributed by atoms with Gasteiger partial charge in [-0.15, -0.1) is 0 Å². The quantitative estimate of drug-likeness (QED) is 0.750. The molecule has 1 aliphatic rings. The first-order chi connectivity index (χ1) is 12.7. The first-order valence-electron chi connectivity index (χ1n) is 9.66. The fourth-order valence-corrected chi connectivity index (χ4v) is 3.77. The van der Waals surface area contributed by atoms with Gasteiger partial charge in [-0.1, -0.05) is 74.4 Å². The molecule has 1 aliphatic carbocycles. The van der Waals surface area contributed by atoms with Crippen LogP contribution in [0.3, 0.4) is 0 Å². The molecule has 0 radical (unpaired) electrons. The highest BCUT2D eigenvalue weighted by Crippen LogP contribution is 2.28. The number of carbonyl (C=O) groups excluding carboxylic acids is 1. The van der Waals surface area contributed by atoms with E-state index >= 15 is 0 Å². The summed E-state index contributed by atoms with van der Waals surface area (Å²) < 4.78 is 5.70. The van der Waals surface area contributed by atoms with Crippen molar-refractivity contribution < 1.29 is 14.6 Å². The van der Waals surface area contributed by atoms with Crippen LogP contribution in [0.15, 0.2) is 54.6 Å². The van der Waals surface area contributed by atoms with Crippen molar-refractivity contribution in [2.45, 2.75) is 63.6 Å². The van der Waals surface area contributed by atoms with E-state index in [1.165, 1.54) is 11.1 Å². The van der Waals surface area contributed by atoms with Crippen molar-refractivity contribution in [1.29, 1.82) is 0 Å². The Morgan fingerprint density at radius 1 is 1.08 bits per heavy atom. The van der Waals surface area contributed by atoms with E-state index in [1.807, 2.05) is 36.4 Å². The minimum Gasteiger partial charge on any atom is -0.459 e. The molecule has 0 heterocycles. The molecule has 0 bridgehead atoms. The summed E-state index contributed by atoms with van der Waals surface area (Å²) in [7, 11) is 0. The Labute approximate surface area is 156 Å². The Bertz CT molecular complexity index is 710. The van der Waals surface area contributed by atoms with Gasteiger partial charge < -0.3 is 9.84 Å². The number of fused-ring (bicyclic) bond motifs is 1. The van der Waals surface area contributed by atoms with Gasteiger partial charge in [0.15, 0.2) is 0 Å². The molecule has 0 spiro atoms. The monoisotopic (exact) mass is 352 g/mol. The molecule has 1 N–H and O–H groups in total. The van der Waals surface area contributed by atoms with Gasteiger partial charge in [0.05, 0.1) is 12.5 Å². The lowest BCUT2D eigenvalue weighted by Gasteiger charge is -2.30. The molecular formula is C23H28O3. The average Bonchev–Trinajstić information content (AvgIpc) is 2.66. The molecule has 0 aromatic heterocycles. The molecule has 138 valence electrons. The van der Waals surface area contributed by atoms with Gasteiger partial charge in [-0.3, -0.25) is 4.79 Å². The Morgan fingerprint density at radius 2 is 1.73 bits per heavy atom. The van der Waals surface area contributed by atoms with E-state index in [-0.39, 0.29) is 11.9 Å². The van der Waals surface area contributed by atoms with Gasteiger partial charge in [0, 0.05) is 12.8 Å². The summed E-state index contributed by atoms with van der Waals surface area (Å²) in [6.07, 6.45) is 3.61. The number of aliphatic hydroxyl groups excluding tert-OH is 1. The molecule has 0 fully saturated rings. The molecular weight excluding hydrogens is 324 g/mol. The zero-order valence-corrected chi connectivity index (χ0v) is 15.4. The summed E-state index contributed by atoms with van der Waals surface area (Å²) in [5.74, 6) is -0.0324. The maximum absolute atomic E-state index is 12.6. The normalized spacial score (nSPS) is 20.2. The molecule has 0 amide bonds. The number of aliphatic hydroxyl groups is 1. The van der Waals surface area contributed by atoms with Crippen LogP contribution in [0.4, 0.5) is 0 Å². The second kappa shape index (κ2) is 9.00. The van der Waals surface area contributed by atoms with Crippen LogP contribution >= 0.6 is 0 Å². The van der Waals surface area contributed by atoms with Crippen molar-refractivity contribution in [2.24, 2.45) is 0 Å². The maximum atomic E-state index is 12.6. The van der Waals surface area contributed by atoms with Crippen molar-refractivity contribution in [3.63, 3.8) is 0 Å². The molecule has 2 aromatic rings. The number of hydrogen-bond donors (Lipinski definition) is 1. The smallest absolute Gasteiger partial charge is 0.306 e. The van der Waals surface area contributed by atoms with Gasteiger partial charge in [-0.05, 0) is 29.0 Å². The van der Waals surface area contributed by atoms with Crippen LogP contribution in [0.5, 0.6) is 0 Å². The zero-order valence-electron chi connectivity index (χ0n) is 15.4. The van der Waals surface area contributed by atoms with Crippen LogP contribution in [-0.2, 0) is 22.4 Å². The van der Waals surface area contributed by atoms with E-state index in [1.54, 1.807) is 0 Å². The van der Waals surface area contributed by atoms with Crippen molar-refractivity contribution in [2.75, 3.05) is 0 Å². The zero-order chi connectivity index (χ0) is 18.4. The molecule has 0 saturated heterocycles. The second-order valence-electron chi connectivity index (χ2n) is 7.23. The fourth-order valence-electron chi connectivity index (χ4n) is 3.77. The molecule has 3 atom stereocenters. The lowest BCUT2D eigenvalue weighted by Crippen LogP contribution is -2.38. The highest BCUT2D eigenvalue weighted by atomic mass is 16.6. The van der Waals surface area contributed by atoms with Crippen molar-refractivity contribution in [3.8, 4) is 0 Å². The molecule has 3 nitrogen and oxygen atoms in total. The minimum atomic E-state index is -0.625. The van der Waals surface area contributed by atoms with E-state index in [9.17, 15) is 9.90 Å². The highest BCUT2D eigenvalue weighted by Gasteiger charge is 2.30. The third-order valence-corrected chi connectivity index (χ3v) is 5.27. The highest BCUT2D eigenvalue weighted by molar-refractivity contribution is 5.71. The van der Waals surface area contributed by atoms with Gasteiger partial charge in [0.25, 0.3) is 0 Å². The van der Waals surface area contributed by atoms with Crippen LogP contribution in [-0.4, -0.2) is 23.3 Å². The predicted molar refractivity (Wildman–Crippen MR) is 103 cm³/mol. The largest absolute Gasteiger partial charge is 0.459 e. The van der Waals surface area contributed by atoms with Gasteiger partial charge in [-0.25, -0.2) is 0 Å². The number of rotatable bonds is 7. The maximum Gasteiger partial charge on any atom is 0.306 e. The van der Waals surface area contributed by atoms with Crippen LogP contribution in [0.2, 0.25) is 0 Å². The summed E-state index contributed by atoms with van der Waals surface area (Å²) in [6.45, 7) is 2.16. The van der Waals surface area contributed by atoms with Crippen LogP contribution in [0.25, 0.3) is 0 Å². The molecule has 2 aromatic carbocycles. The minimum absolute atomic E-state index is 0.177. The predicted octanol–water partition coefficient (Wildman–Crippen LogP) is 4.42. The van der Waals surface area contributed by atoms with E-state index in [0.29, 0.717) is 19.3 Å². The number of esters is 1. The molecule has 3 heteroatoms. The summed E-state index contributed by atoms with van der Waals surface area (Å²) in [5, 5.41) is 10.4. The average molecular weight is 352 g/mol. The lowest BCUT2D eigenvalue weighted by molar-refractivity contribution is -0.156. The first-order valence-corrected chi connectivity index (χ1v) is 9.66. The number of carbonyl (C=O) groups is 1. The van der Waals surface area contributed by atoms with Crippen LogP contribution < -0.4 is 0 Å². The van der Waals surface area contributed by atoms with E-state index < -0.39 is 12.2 Å². The fraction of sp³-hybridized carbons (Fsp3) is 0.435. The van der Waals surface area contributed by atoms with Gasteiger partial charge in [0.2, 0.25) is 0 Å². The Balaban J connectivity index is 1.63. The summed E-state index contributed by atoms with van der Waals surface area (Å²) in [4.78, 5) is 12.6. The van der Waals surface area contributed by atoms with E-state index in [2.05, 4.69) is 25.1 Å². The Hall–Kier alpha value is -2.13. The first kappa shape index (κ1) is 18.7. The van der Waals surface area contributed by atoms with Crippen molar-refractivity contribution in [1.82, 2.24) is 0 Å².